The summed E-state index contributed by atoms with van der Waals surface area (Å²) in [6, 6.07) is 13.2. The molecular formula is C17H14BrClN2O3. The minimum Gasteiger partial charge on any atom is -0.385 e. The molecule has 1 saturated heterocycles. The van der Waals surface area contributed by atoms with Gasteiger partial charge in [-0.2, -0.15) is 0 Å². The predicted molar refractivity (Wildman–Crippen MR) is 93.7 cm³/mol. The van der Waals surface area contributed by atoms with Crippen molar-refractivity contribution in [3.05, 3.63) is 69.2 Å². The number of imide groups is 1. The average molecular weight is 410 g/mol. The van der Waals surface area contributed by atoms with Gasteiger partial charge in [0.15, 0.2) is 5.54 Å². The summed E-state index contributed by atoms with van der Waals surface area (Å²) in [6.07, 6.45) is -1.06. The largest absolute Gasteiger partial charge is 0.385 e. The zero-order chi connectivity index (χ0) is 17.3. The van der Waals surface area contributed by atoms with Crippen molar-refractivity contribution in [2.45, 2.75) is 18.1 Å². The first kappa shape index (κ1) is 17.0. The number of carbonyl (C=O) groups is 2. The number of aliphatic hydroxyl groups is 1. The molecule has 24 heavy (non-hydrogen) atoms. The molecular weight excluding hydrogens is 396 g/mol. The van der Waals surface area contributed by atoms with E-state index >= 15 is 0 Å². The van der Waals surface area contributed by atoms with Crippen LogP contribution in [0.2, 0.25) is 5.02 Å². The topological polar surface area (TPSA) is 78.4 Å². The normalized spacial score (nSPS) is 21.3. The van der Waals surface area contributed by atoms with Crippen molar-refractivity contribution in [2.75, 3.05) is 0 Å². The van der Waals surface area contributed by atoms with E-state index < -0.39 is 23.6 Å². The molecule has 2 atom stereocenters. The van der Waals surface area contributed by atoms with E-state index in [0.29, 0.717) is 10.6 Å². The van der Waals surface area contributed by atoms with Gasteiger partial charge in [0, 0.05) is 15.9 Å². The lowest BCUT2D eigenvalue weighted by molar-refractivity contribution is -0.128. The fourth-order valence-corrected chi connectivity index (χ4v) is 3.16. The van der Waals surface area contributed by atoms with Crippen molar-refractivity contribution in [1.29, 1.82) is 0 Å². The highest BCUT2D eigenvalue weighted by Gasteiger charge is 2.52. The minimum atomic E-state index is -1.47. The molecule has 0 spiro atoms. The van der Waals surface area contributed by atoms with Crippen molar-refractivity contribution in [2.24, 2.45) is 0 Å². The number of hydrogen-bond acceptors (Lipinski definition) is 3. The molecule has 2 unspecified atom stereocenters. The molecule has 1 aliphatic rings. The Morgan fingerprint density at radius 3 is 2.25 bits per heavy atom. The maximum atomic E-state index is 12.5. The van der Waals surface area contributed by atoms with E-state index in [0.717, 1.165) is 10.0 Å². The second-order valence-electron chi connectivity index (χ2n) is 5.64. The number of urea groups is 1. The molecule has 0 bridgehead atoms. The van der Waals surface area contributed by atoms with Crippen LogP contribution in [0.15, 0.2) is 53.0 Å². The van der Waals surface area contributed by atoms with Crippen LogP contribution in [0, 0.1) is 0 Å². The summed E-state index contributed by atoms with van der Waals surface area (Å²) < 4.78 is 0.852. The Balaban J connectivity index is 1.99. The highest BCUT2D eigenvalue weighted by molar-refractivity contribution is 9.10. The van der Waals surface area contributed by atoms with Crippen LogP contribution >= 0.6 is 27.5 Å². The molecule has 0 saturated carbocycles. The lowest BCUT2D eigenvalue weighted by Gasteiger charge is -2.31. The second-order valence-corrected chi connectivity index (χ2v) is 6.99. The van der Waals surface area contributed by atoms with E-state index in [1.165, 1.54) is 0 Å². The van der Waals surface area contributed by atoms with Gasteiger partial charge in [0.05, 0.1) is 0 Å². The van der Waals surface area contributed by atoms with Crippen molar-refractivity contribution < 1.29 is 14.7 Å². The van der Waals surface area contributed by atoms with Crippen LogP contribution in [0.3, 0.4) is 0 Å². The van der Waals surface area contributed by atoms with Crippen LogP contribution in [0.25, 0.3) is 0 Å². The van der Waals surface area contributed by atoms with Crippen LogP contribution in [-0.4, -0.2) is 22.6 Å². The third-order valence-electron chi connectivity index (χ3n) is 4.02. The fourth-order valence-electron chi connectivity index (χ4n) is 2.77. The van der Waals surface area contributed by atoms with Crippen LogP contribution in [-0.2, 0) is 11.2 Å². The van der Waals surface area contributed by atoms with Crippen LogP contribution in [0.4, 0.5) is 4.79 Å². The first-order valence-electron chi connectivity index (χ1n) is 7.22. The molecule has 1 aliphatic heterocycles. The molecule has 124 valence electrons. The van der Waals surface area contributed by atoms with Gasteiger partial charge in [-0.3, -0.25) is 10.1 Å². The molecule has 7 heteroatoms. The van der Waals surface area contributed by atoms with Crippen molar-refractivity contribution in [3.8, 4) is 0 Å². The van der Waals surface area contributed by atoms with Gasteiger partial charge >= 0.3 is 6.03 Å². The summed E-state index contributed by atoms with van der Waals surface area (Å²) in [5, 5.41) is 16.2. The fraction of sp³-hybridized carbons (Fsp3) is 0.176. The Morgan fingerprint density at radius 1 is 1.08 bits per heavy atom. The maximum absolute atomic E-state index is 12.5. The van der Waals surface area contributed by atoms with Gasteiger partial charge in [-0.1, -0.05) is 51.8 Å². The first-order chi connectivity index (χ1) is 11.4. The standard InChI is InChI=1S/C17H14BrClN2O3/c18-12-5-3-11(4-6-12)14(22)17(15(23)20-16(24)21-17)9-10-1-7-13(19)8-2-10/h1-8,14,22H,9H2,(H2,20,21,23,24). The SMILES string of the molecule is O=C1NC(=O)C(Cc2ccc(Cl)cc2)(C(O)c2ccc(Br)cc2)N1. The van der Waals surface area contributed by atoms with Gasteiger partial charge in [-0.25, -0.2) is 4.79 Å². The van der Waals surface area contributed by atoms with Crippen molar-refractivity contribution in [3.63, 3.8) is 0 Å². The molecule has 1 heterocycles. The quantitative estimate of drug-likeness (QED) is 0.679. The smallest absolute Gasteiger partial charge is 0.322 e. The van der Waals surface area contributed by atoms with Crippen molar-refractivity contribution >= 4 is 39.5 Å². The number of carbonyl (C=O) groups excluding carboxylic acids is 2. The lowest BCUT2D eigenvalue weighted by atomic mass is 9.82. The number of halogens is 2. The highest BCUT2D eigenvalue weighted by atomic mass is 79.9. The number of nitrogens with one attached hydrogen (secondary N) is 2. The van der Waals surface area contributed by atoms with E-state index in [2.05, 4.69) is 26.6 Å². The van der Waals surface area contributed by atoms with Gasteiger partial charge in [0.2, 0.25) is 0 Å². The van der Waals surface area contributed by atoms with Crippen LogP contribution in [0.1, 0.15) is 17.2 Å². The highest BCUT2D eigenvalue weighted by Crippen LogP contribution is 2.33. The molecule has 0 radical (unpaired) electrons. The third-order valence-corrected chi connectivity index (χ3v) is 4.80. The van der Waals surface area contributed by atoms with E-state index in [-0.39, 0.29) is 6.42 Å². The maximum Gasteiger partial charge on any atom is 0.322 e. The molecule has 2 aromatic rings. The van der Waals surface area contributed by atoms with E-state index in [1.807, 2.05) is 0 Å². The molecule has 5 nitrogen and oxygen atoms in total. The summed E-state index contributed by atoms with van der Waals surface area (Å²) in [5.41, 5.74) is -0.170. The van der Waals surface area contributed by atoms with Gasteiger partial charge in [0.25, 0.3) is 5.91 Å². The Labute approximate surface area is 152 Å². The summed E-state index contributed by atoms with van der Waals surface area (Å²) in [5.74, 6) is -0.558. The minimum absolute atomic E-state index is 0.138. The Hall–Kier alpha value is -1.89. The Morgan fingerprint density at radius 2 is 1.71 bits per heavy atom. The zero-order valence-electron chi connectivity index (χ0n) is 12.4. The molecule has 0 aliphatic carbocycles. The van der Waals surface area contributed by atoms with Crippen molar-refractivity contribution in [1.82, 2.24) is 10.6 Å². The molecule has 3 rings (SSSR count). The van der Waals surface area contributed by atoms with Gasteiger partial charge < -0.3 is 10.4 Å². The first-order valence-corrected chi connectivity index (χ1v) is 8.39. The lowest BCUT2D eigenvalue weighted by Crippen LogP contribution is -2.53. The Bertz CT molecular complexity index is 779. The van der Waals surface area contributed by atoms with E-state index in [4.69, 9.17) is 11.6 Å². The summed E-state index contributed by atoms with van der Waals surface area (Å²) in [7, 11) is 0. The summed E-state index contributed by atoms with van der Waals surface area (Å²) >= 11 is 9.22. The van der Waals surface area contributed by atoms with E-state index in [9.17, 15) is 14.7 Å². The van der Waals surface area contributed by atoms with E-state index in [1.54, 1.807) is 48.5 Å². The number of aliphatic hydroxyl groups excluding tert-OH is 1. The number of benzene rings is 2. The second kappa shape index (κ2) is 6.55. The monoisotopic (exact) mass is 408 g/mol. The predicted octanol–water partition coefficient (Wildman–Crippen LogP) is 2.96. The molecule has 1 fully saturated rings. The molecule has 2 aromatic carbocycles. The van der Waals surface area contributed by atoms with Gasteiger partial charge in [0.1, 0.15) is 6.10 Å². The molecule has 3 N–H and O–H groups in total. The average Bonchev–Trinajstić information content (AvgIpc) is 2.84. The van der Waals surface area contributed by atoms with Crippen LogP contribution in [0.5, 0.6) is 0 Å². The molecule has 3 amide bonds. The number of hydrogen-bond donors (Lipinski definition) is 3. The summed E-state index contributed by atoms with van der Waals surface area (Å²) in [6.45, 7) is 0. The van der Waals surface area contributed by atoms with Gasteiger partial charge in [-0.15, -0.1) is 0 Å². The molecule has 0 aromatic heterocycles. The van der Waals surface area contributed by atoms with Gasteiger partial charge in [-0.05, 0) is 35.4 Å². The third kappa shape index (κ3) is 3.17. The number of rotatable bonds is 4. The number of amides is 3. The Kier molecular flexibility index (Phi) is 4.62. The zero-order valence-corrected chi connectivity index (χ0v) is 14.8. The van der Waals surface area contributed by atoms with Crippen LogP contribution < -0.4 is 10.6 Å². The summed E-state index contributed by atoms with van der Waals surface area (Å²) in [4.78, 5) is 24.2.